The molecular weight excluding hydrogens is 412 g/mol. The van der Waals surface area contributed by atoms with E-state index in [9.17, 15) is 19.2 Å². The molecule has 0 saturated carbocycles. The molecule has 0 aliphatic rings. The number of hydrogen-bond acceptors (Lipinski definition) is 6. The molecule has 32 heavy (non-hydrogen) atoms. The summed E-state index contributed by atoms with van der Waals surface area (Å²) in [5, 5.41) is 5.49. The highest BCUT2D eigenvalue weighted by Gasteiger charge is 2.29. The monoisotopic (exact) mass is 448 g/mol. The fraction of sp³-hybridized carbons (Fsp3) is 0.565. The molecule has 1 aromatic carbocycles. The molecule has 0 aliphatic heterocycles. The lowest BCUT2D eigenvalue weighted by Gasteiger charge is -2.34. The molecule has 9 heteroatoms. The maximum Gasteiger partial charge on any atom is 0.258 e. The second-order valence-electron chi connectivity index (χ2n) is 9.37. The molecule has 0 radical (unpaired) electrons. The summed E-state index contributed by atoms with van der Waals surface area (Å²) in [5.74, 6) is -1.16. The van der Waals surface area contributed by atoms with Crippen LogP contribution in [0, 0.1) is 12.3 Å². The number of rotatable bonds is 13. The summed E-state index contributed by atoms with van der Waals surface area (Å²) < 4.78 is 5.65. The standard InChI is InChI=1S/C23H36N4O5/c1-15-16(21(31)26-17(20(25)30)9-7-11-28)8-6-10-18(15)32-12-19(29)27-23(4,5)13-22(2,3)14-24/h6,8,10-11,17H,7,9,12-14,24H2,1-5H3,(H2,25,30)(H,26,31)(H,27,29). The van der Waals surface area contributed by atoms with E-state index in [0.29, 0.717) is 30.6 Å². The van der Waals surface area contributed by atoms with Crippen molar-refractivity contribution in [1.29, 1.82) is 0 Å². The highest BCUT2D eigenvalue weighted by Crippen LogP contribution is 2.26. The third-order valence-corrected chi connectivity index (χ3v) is 5.06. The normalized spacial score (nSPS) is 12.6. The number of hydrogen-bond donors (Lipinski definition) is 4. The lowest BCUT2D eigenvalue weighted by Crippen LogP contribution is -2.49. The minimum atomic E-state index is -0.956. The fourth-order valence-corrected chi connectivity index (χ4v) is 3.64. The Morgan fingerprint density at radius 3 is 2.41 bits per heavy atom. The number of aldehydes is 1. The van der Waals surface area contributed by atoms with E-state index in [1.807, 2.05) is 27.7 Å². The summed E-state index contributed by atoms with van der Waals surface area (Å²) >= 11 is 0. The van der Waals surface area contributed by atoms with Gasteiger partial charge in [0.2, 0.25) is 5.91 Å². The highest BCUT2D eigenvalue weighted by molar-refractivity contribution is 5.99. The van der Waals surface area contributed by atoms with Crippen molar-refractivity contribution < 1.29 is 23.9 Å². The second kappa shape index (κ2) is 11.6. The molecule has 1 atom stereocenters. The van der Waals surface area contributed by atoms with Gasteiger partial charge in [-0.15, -0.1) is 0 Å². The maximum atomic E-state index is 12.6. The Kier molecular flexibility index (Phi) is 9.83. The Balaban J connectivity index is 2.81. The summed E-state index contributed by atoms with van der Waals surface area (Å²) in [6.45, 7) is 9.90. The summed E-state index contributed by atoms with van der Waals surface area (Å²) in [5.41, 5.74) is 11.3. The van der Waals surface area contributed by atoms with Crippen LogP contribution in [0.2, 0.25) is 0 Å². The first-order valence-electron chi connectivity index (χ1n) is 10.6. The maximum absolute atomic E-state index is 12.6. The quantitative estimate of drug-likeness (QED) is 0.333. The van der Waals surface area contributed by atoms with Crippen LogP contribution in [-0.2, 0) is 14.4 Å². The molecule has 0 spiro atoms. The van der Waals surface area contributed by atoms with Gasteiger partial charge in [0.15, 0.2) is 6.61 Å². The topological polar surface area (TPSA) is 154 Å². The van der Waals surface area contributed by atoms with Crippen LogP contribution in [0.1, 0.15) is 62.9 Å². The van der Waals surface area contributed by atoms with Crippen LogP contribution in [0.15, 0.2) is 18.2 Å². The third-order valence-electron chi connectivity index (χ3n) is 5.06. The van der Waals surface area contributed by atoms with E-state index in [1.165, 1.54) is 0 Å². The van der Waals surface area contributed by atoms with Crippen LogP contribution in [0.25, 0.3) is 0 Å². The molecule has 0 aliphatic carbocycles. The third kappa shape index (κ3) is 8.66. The van der Waals surface area contributed by atoms with Crippen molar-refractivity contribution in [2.75, 3.05) is 13.2 Å². The van der Waals surface area contributed by atoms with Gasteiger partial charge in [-0.3, -0.25) is 14.4 Å². The van der Waals surface area contributed by atoms with Gasteiger partial charge in [0.05, 0.1) is 0 Å². The Bertz CT molecular complexity index is 836. The number of amides is 3. The van der Waals surface area contributed by atoms with Gasteiger partial charge in [-0.1, -0.05) is 19.9 Å². The lowest BCUT2D eigenvalue weighted by atomic mass is 9.80. The molecule has 1 aromatic rings. The Morgan fingerprint density at radius 2 is 1.84 bits per heavy atom. The minimum Gasteiger partial charge on any atom is -0.483 e. The number of carbonyl (C=O) groups excluding carboxylic acids is 4. The van der Waals surface area contributed by atoms with E-state index in [1.54, 1.807) is 25.1 Å². The van der Waals surface area contributed by atoms with Crippen LogP contribution in [0.3, 0.4) is 0 Å². The largest absolute Gasteiger partial charge is 0.483 e. The zero-order valence-electron chi connectivity index (χ0n) is 19.6. The smallest absolute Gasteiger partial charge is 0.258 e. The van der Waals surface area contributed by atoms with Crippen molar-refractivity contribution in [3.63, 3.8) is 0 Å². The van der Waals surface area contributed by atoms with Gasteiger partial charge < -0.3 is 31.6 Å². The van der Waals surface area contributed by atoms with Crippen LogP contribution in [-0.4, -0.2) is 48.7 Å². The summed E-state index contributed by atoms with van der Waals surface area (Å²) in [6, 6.07) is 3.89. The van der Waals surface area contributed by atoms with Gasteiger partial charge in [-0.05, 0) is 57.7 Å². The van der Waals surface area contributed by atoms with E-state index < -0.39 is 23.4 Å². The molecule has 0 bridgehead atoms. The first kappa shape index (κ1) is 27.1. The molecule has 0 heterocycles. The van der Waals surface area contributed by atoms with Gasteiger partial charge in [-0.25, -0.2) is 0 Å². The lowest BCUT2D eigenvalue weighted by molar-refractivity contribution is -0.125. The first-order chi connectivity index (χ1) is 14.8. The first-order valence-corrected chi connectivity index (χ1v) is 10.6. The highest BCUT2D eigenvalue weighted by atomic mass is 16.5. The molecule has 0 fully saturated rings. The van der Waals surface area contributed by atoms with E-state index in [0.717, 1.165) is 0 Å². The van der Waals surface area contributed by atoms with E-state index in [4.69, 9.17) is 16.2 Å². The number of nitrogens with one attached hydrogen (secondary N) is 2. The van der Waals surface area contributed by atoms with Crippen LogP contribution in [0.5, 0.6) is 5.75 Å². The minimum absolute atomic E-state index is 0.101. The van der Waals surface area contributed by atoms with Crippen molar-refractivity contribution in [2.24, 2.45) is 16.9 Å². The zero-order chi connectivity index (χ0) is 24.5. The van der Waals surface area contributed by atoms with Gasteiger partial charge in [0.1, 0.15) is 18.1 Å². The van der Waals surface area contributed by atoms with Crippen LogP contribution >= 0.6 is 0 Å². The van der Waals surface area contributed by atoms with E-state index in [2.05, 4.69) is 10.6 Å². The second-order valence-corrected chi connectivity index (χ2v) is 9.37. The van der Waals surface area contributed by atoms with Crippen molar-refractivity contribution in [3.05, 3.63) is 29.3 Å². The molecule has 0 aromatic heterocycles. The predicted octanol–water partition coefficient (Wildman–Crippen LogP) is 1.21. The predicted molar refractivity (Wildman–Crippen MR) is 122 cm³/mol. The van der Waals surface area contributed by atoms with Crippen LogP contribution < -0.4 is 26.8 Å². The summed E-state index contributed by atoms with van der Waals surface area (Å²) in [7, 11) is 0. The number of nitrogens with two attached hydrogens (primary N) is 2. The molecule has 6 N–H and O–H groups in total. The summed E-state index contributed by atoms with van der Waals surface area (Å²) in [6.07, 6.45) is 1.58. The van der Waals surface area contributed by atoms with Crippen LogP contribution in [0.4, 0.5) is 0 Å². The Labute approximate surface area is 189 Å². The zero-order valence-corrected chi connectivity index (χ0v) is 19.6. The average molecular weight is 449 g/mol. The molecule has 9 nitrogen and oxygen atoms in total. The Hall–Kier alpha value is -2.94. The van der Waals surface area contributed by atoms with Gasteiger partial charge >= 0.3 is 0 Å². The van der Waals surface area contributed by atoms with Crippen molar-refractivity contribution in [3.8, 4) is 5.75 Å². The molecule has 1 unspecified atom stereocenters. The van der Waals surface area contributed by atoms with Crippen molar-refractivity contribution in [2.45, 2.75) is 65.5 Å². The fourth-order valence-electron chi connectivity index (χ4n) is 3.64. The molecule has 178 valence electrons. The van der Waals surface area contributed by atoms with E-state index >= 15 is 0 Å². The SMILES string of the molecule is Cc1c(OCC(=O)NC(C)(C)CC(C)(C)CN)cccc1C(=O)NC(CCC=O)C(N)=O. The number of carbonyl (C=O) groups is 4. The molecule has 1 rings (SSSR count). The van der Waals surface area contributed by atoms with Crippen molar-refractivity contribution in [1.82, 2.24) is 10.6 Å². The van der Waals surface area contributed by atoms with Gasteiger partial charge in [-0.2, -0.15) is 0 Å². The average Bonchev–Trinajstić information content (AvgIpc) is 2.68. The molecular formula is C23H36N4O5. The van der Waals surface area contributed by atoms with Gasteiger partial charge in [0, 0.05) is 23.1 Å². The number of primary amides is 1. The van der Waals surface area contributed by atoms with Crippen molar-refractivity contribution >= 4 is 24.0 Å². The Morgan fingerprint density at radius 1 is 1.19 bits per heavy atom. The number of ether oxygens (including phenoxy) is 1. The molecule has 0 saturated heterocycles. The van der Waals surface area contributed by atoms with Gasteiger partial charge in [0.25, 0.3) is 11.8 Å². The van der Waals surface area contributed by atoms with E-state index in [-0.39, 0.29) is 36.3 Å². The summed E-state index contributed by atoms with van der Waals surface area (Å²) in [4.78, 5) is 47.2. The number of benzene rings is 1. The molecule has 3 amide bonds.